The van der Waals surface area contributed by atoms with E-state index >= 15 is 0 Å². The fourth-order valence-corrected chi connectivity index (χ4v) is 1.60. The highest BCUT2D eigenvalue weighted by atomic mass is 32.1. The van der Waals surface area contributed by atoms with Crippen molar-refractivity contribution < 1.29 is 15.0 Å². The molecule has 3 N–H and O–H groups in total. The molecule has 0 saturated heterocycles. The molecule has 88 valence electrons. The third-order valence-corrected chi connectivity index (χ3v) is 2.59. The van der Waals surface area contributed by atoms with Crippen molar-refractivity contribution in [3.8, 4) is 0 Å². The summed E-state index contributed by atoms with van der Waals surface area (Å²) < 4.78 is 0. The fraction of sp³-hybridized carbons (Fsp3) is 0.364. The predicted molar refractivity (Wildman–Crippen MR) is 63.3 cm³/mol. The molecule has 1 aromatic rings. The van der Waals surface area contributed by atoms with Crippen molar-refractivity contribution in [2.24, 2.45) is 0 Å². The van der Waals surface area contributed by atoms with Crippen LogP contribution in [0.4, 0.5) is 0 Å². The lowest BCUT2D eigenvalue weighted by atomic mass is 10.0. The van der Waals surface area contributed by atoms with Crippen molar-refractivity contribution in [2.75, 3.05) is 6.54 Å². The van der Waals surface area contributed by atoms with E-state index in [-0.39, 0.29) is 12.5 Å². The molecular weight excluding hydrogens is 226 g/mol. The first-order chi connectivity index (χ1) is 7.52. The number of rotatable bonds is 4. The van der Waals surface area contributed by atoms with Crippen molar-refractivity contribution >= 4 is 18.5 Å². The quantitative estimate of drug-likeness (QED) is 0.580. The zero-order valence-electron chi connectivity index (χ0n) is 8.92. The minimum Gasteiger partial charge on any atom is -0.388 e. The number of carbonyl (C=O) groups is 1. The molecule has 2 unspecified atom stereocenters. The first-order valence-electron chi connectivity index (χ1n) is 4.91. The Morgan fingerprint density at radius 3 is 2.62 bits per heavy atom. The molecule has 1 aromatic carbocycles. The van der Waals surface area contributed by atoms with Gasteiger partial charge in [-0.25, -0.2) is 0 Å². The van der Waals surface area contributed by atoms with Crippen LogP contribution in [0.3, 0.4) is 0 Å². The molecule has 0 saturated carbocycles. The van der Waals surface area contributed by atoms with Crippen molar-refractivity contribution in [1.82, 2.24) is 5.32 Å². The van der Waals surface area contributed by atoms with E-state index < -0.39 is 12.2 Å². The SMILES string of the molecule is CC(=O)NCC(O)C(O)c1ccccc1S. The van der Waals surface area contributed by atoms with Gasteiger partial charge in [-0.2, -0.15) is 0 Å². The number of benzene rings is 1. The molecule has 0 bridgehead atoms. The Kier molecular flexibility index (Phi) is 4.79. The molecule has 0 fully saturated rings. The maximum atomic E-state index is 10.7. The lowest BCUT2D eigenvalue weighted by Crippen LogP contribution is -2.34. The van der Waals surface area contributed by atoms with Crippen LogP contribution < -0.4 is 5.32 Å². The Bertz CT molecular complexity index is 370. The summed E-state index contributed by atoms with van der Waals surface area (Å²) in [5.41, 5.74) is 0.545. The van der Waals surface area contributed by atoms with Crippen molar-refractivity contribution in [3.05, 3.63) is 29.8 Å². The van der Waals surface area contributed by atoms with E-state index in [9.17, 15) is 15.0 Å². The van der Waals surface area contributed by atoms with Gasteiger partial charge in [0.05, 0.1) is 0 Å². The Morgan fingerprint density at radius 2 is 2.06 bits per heavy atom. The van der Waals surface area contributed by atoms with Gasteiger partial charge in [0.25, 0.3) is 0 Å². The Morgan fingerprint density at radius 1 is 1.44 bits per heavy atom. The van der Waals surface area contributed by atoms with Crippen LogP contribution in [-0.2, 0) is 4.79 Å². The Labute approximate surface area is 99.7 Å². The van der Waals surface area contributed by atoms with Crippen LogP contribution in [0.5, 0.6) is 0 Å². The second-order valence-electron chi connectivity index (χ2n) is 3.51. The number of nitrogens with one attached hydrogen (secondary N) is 1. The molecule has 1 amide bonds. The third-order valence-electron chi connectivity index (χ3n) is 2.18. The maximum Gasteiger partial charge on any atom is 0.216 e. The average Bonchev–Trinajstić information content (AvgIpc) is 2.25. The molecule has 0 aliphatic rings. The third kappa shape index (κ3) is 3.52. The van der Waals surface area contributed by atoms with Gasteiger partial charge in [-0.1, -0.05) is 18.2 Å². The van der Waals surface area contributed by atoms with E-state index in [2.05, 4.69) is 17.9 Å². The zero-order chi connectivity index (χ0) is 12.1. The summed E-state index contributed by atoms with van der Waals surface area (Å²) in [5.74, 6) is -0.245. The fourth-order valence-electron chi connectivity index (χ4n) is 1.30. The van der Waals surface area contributed by atoms with Gasteiger partial charge in [0.15, 0.2) is 0 Å². The van der Waals surface area contributed by atoms with Crippen LogP contribution in [0.25, 0.3) is 0 Å². The van der Waals surface area contributed by atoms with Gasteiger partial charge in [-0.3, -0.25) is 4.79 Å². The molecule has 0 radical (unpaired) electrons. The smallest absolute Gasteiger partial charge is 0.216 e. The van der Waals surface area contributed by atoms with E-state index in [1.807, 2.05) is 0 Å². The predicted octanol–water partition coefficient (Wildman–Crippen LogP) is 0.506. The highest BCUT2D eigenvalue weighted by Crippen LogP contribution is 2.23. The monoisotopic (exact) mass is 241 g/mol. The Hall–Kier alpha value is -1.04. The maximum absolute atomic E-state index is 10.7. The standard InChI is InChI=1S/C11H15NO3S/c1-7(13)12-6-9(14)11(15)8-4-2-3-5-10(8)16/h2-5,9,11,14-16H,6H2,1H3,(H,12,13). The van der Waals surface area contributed by atoms with Crippen molar-refractivity contribution in [3.63, 3.8) is 0 Å². The first-order valence-corrected chi connectivity index (χ1v) is 5.35. The summed E-state index contributed by atoms with van der Waals surface area (Å²) >= 11 is 4.18. The number of aliphatic hydroxyl groups is 2. The van der Waals surface area contributed by atoms with E-state index in [1.165, 1.54) is 6.92 Å². The molecule has 1 rings (SSSR count). The van der Waals surface area contributed by atoms with Gasteiger partial charge in [-0.05, 0) is 11.6 Å². The number of hydrogen-bond donors (Lipinski definition) is 4. The summed E-state index contributed by atoms with van der Waals surface area (Å²) in [6.07, 6.45) is -2.10. The molecule has 4 nitrogen and oxygen atoms in total. The summed E-state index contributed by atoms with van der Waals surface area (Å²) in [6, 6.07) is 6.96. The lowest BCUT2D eigenvalue weighted by Gasteiger charge is -2.19. The second-order valence-corrected chi connectivity index (χ2v) is 3.99. The van der Waals surface area contributed by atoms with Gasteiger partial charge >= 0.3 is 0 Å². The molecule has 0 spiro atoms. The number of hydrogen-bond acceptors (Lipinski definition) is 4. The highest BCUT2D eigenvalue weighted by Gasteiger charge is 2.19. The summed E-state index contributed by atoms with van der Waals surface area (Å²) in [4.78, 5) is 11.3. The molecule has 0 aliphatic heterocycles. The van der Waals surface area contributed by atoms with E-state index in [0.717, 1.165) is 0 Å². The van der Waals surface area contributed by atoms with Crippen molar-refractivity contribution in [2.45, 2.75) is 24.0 Å². The van der Waals surface area contributed by atoms with E-state index in [4.69, 9.17) is 0 Å². The molecule has 2 atom stereocenters. The van der Waals surface area contributed by atoms with Crippen LogP contribution in [0.1, 0.15) is 18.6 Å². The lowest BCUT2D eigenvalue weighted by molar-refractivity contribution is -0.119. The number of carbonyl (C=O) groups excluding carboxylic acids is 1. The van der Waals surface area contributed by atoms with Crippen LogP contribution in [0.2, 0.25) is 0 Å². The van der Waals surface area contributed by atoms with Gasteiger partial charge in [-0.15, -0.1) is 12.6 Å². The number of aliphatic hydroxyl groups excluding tert-OH is 2. The summed E-state index contributed by atoms with van der Waals surface area (Å²) in [6.45, 7) is 1.37. The molecule has 0 heterocycles. The normalized spacial score (nSPS) is 14.2. The average molecular weight is 241 g/mol. The van der Waals surface area contributed by atoms with Gasteiger partial charge in [0, 0.05) is 18.4 Å². The van der Waals surface area contributed by atoms with Crippen molar-refractivity contribution in [1.29, 1.82) is 0 Å². The van der Waals surface area contributed by atoms with Gasteiger partial charge in [0.1, 0.15) is 12.2 Å². The topological polar surface area (TPSA) is 69.6 Å². The zero-order valence-corrected chi connectivity index (χ0v) is 9.82. The summed E-state index contributed by atoms with van der Waals surface area (Å²) in [5, 5.41) is 21.9. The molecule has 0 aliphatic carbocycles. The number of thiol groups is 1. The van der Waals surface area contributed by atoms with E-state index in [0.29, 0.717) is 10.5 Å². The molecule has 5 heteroatoms. The van der Waals surface area contributed by atoms with Crippen LogP contribution >= 0.6 is 12.6 Å². The number of amides is 1. The van der Waals surface area contributed by atoms with Gasteiger partial charge in [0.2, 0.25) is 5.91 Å². The van der Waals surface area contributed by atoms with E-state index in [1.54, 1.807) is 24.3 Å². The molecule has 16 heavy (non-hydrogen) atoms. The summed E-state index contributed by atoms with van der Waals surface area (Å²) in [7, 11) is 0. The Balaban J connectivity index is 2.66. The minimum absolute atomic E-state index is 0.0125. The highest BCUT2D eigenvalue weighted by molar-refractivity contribution is 7.80. The molecular formula is C11H15NO3S. The van der Waals surface area contributed by atoms with Crippen LogP contribution in [0.15, 0.2) is 29.2 Å². The largest absolute Gasteiger partial charge is 0.388 e. The van der Waals surface area contributed by atoms with Crippen LogP contribution in [0, 0.1) is 0 Å². The minimum atomic E-state index is -1.06. The first kappa shape index (κ1) is 13.0. The van der Waals surface area contributed by atoms with Gasteiger partial charge < -0.3 is 15.5 Å². The molecule has 0 aromatic heterocycles. The second kappa shape index (κ2) is 5.89. The van der Waals surface area contributed by atoms with Crippen LogP contribution in [-0.4, -0.2) is 28.8 Å².